The lowest BCUT2D eigenvalue weighted by molar-refractivity contribution is 0.414. The summed E-state index contributed by atoms with van der Waals surface area (Å²) in [5.74, 6) is 0.723. The Morgan fingerprint density at radius 3 is 2.40 bits per heavy atom. The van der Waals surface area contributed by atoms with E-state index in [-0.39, 0.29) is 17.8 Å². The van der Waals surface area contributed by atoms with Crippen LogP contribution in [0.5, 0.6) is 5.75 Å². The average molecular weight is 401 g/mol. The lowest BCUT2D eigenvalue weighted by Crippen LogP contribution is -2.40. The molecule has 0 radical (unpaired) electrons. The highest BCUT2D eigenvalue weighted by Crippen LogP contribution is 2.15. The fourth-order valence-corrected chi connectivity index (χ4v) is 3.64. The largest absolute Gasteiger partial charge is 0.497 e. The number of methoxy groups -OCH3 is 1. The third-order valence-corrected chi connectivity index (χ3v) is 5.31. The maximum absolute atomic E-state index is 13.4. The van der Waals surface area contributed by atoms with Crippen molar-refractivity contribution in [3.8, 4) is 5.75 Å². The molecule has 2 aromatic carbocycles. The minimum Gasteiger partial charge on any atom is -0.497 e. The fourth-order valence-electron chi connectivity index (χ4n) is 3.64. The van der Waals surface area contributed by atoms with Gasteiger partial charge >= 0.3 is 5.69 Å². The maximum Gasteiger partial charge on any atom is 0.333 e. The molecule has 152 valence electrons. The minimum absolute atomic E-state index is 0.180. The molecule has 2 aromatic heterocycles. The first-order chi connectivity index (χ1) is 14.5. The van der Waals surface area contributed by atoms with E-state index in [1.165, 1.54) is 4.57 Å². The Kier molecular flexibility index (Phi) is 5.23. The molecular formula is C24H23N3O3. The molecule has 0 spiro atoms. The Labute approximate surface area is 174 Å². The van der Waals surface area contributed by atoms with Crippen molar-refractivity contribution in [3.63, 3.8) is 0 Å². The van der Waals surface area contributed by atoms with Crippen molar-refractivity contribution >= 4 is 11.0 Å². The van der Waals surface area contributed by atoms with Crippen molar-refractivity contribution in [2.75, 3.05) is 7.11 Å². The van der Waals surface area contributed by atoms with Gasteiger partial charge in [-0.25, -0.2) is 9.78 Å². The Morgan fingerprint density at radius 2 is 1.70 bits per heavy atom. The van der Waals surface area contributed by atoms with Gasteiger partial charge in [-0.3, -0.25) is 13.9 Å². The van der Waals surface area contributed by atoms with E-state index in [0.29, 0.717) is 17.6 Å². The summed E-state index contributed by atoms with van der Waals surface area (Å²) in [5.41, 5.74) is 3.81. The number of rotatable bonds is 5. The van der Waals surface area contributed by atoms with E-state index in [1.54, 1.807) is 30.0 Å². The molecule has 4 aromatic rings. The Bertz CT molecular complexity index is 1330. The summed E-state index contributed by atoms with van der Waals surface area (Å²) in [7, 11) is 1.60. The molecule has 0 saturated heterocycles. The summed E-state index contributed by atoms with van der Waals surface area (Å²) in [6, 6.07) is 16.9. The second-order valence-electron chi connectivity index (χ2n) is 7.41. The van der Waals surface area contributed by atoms with Crippen LogP contribution in [0.1, 0.15) is 22.3 Å². The van der Waals surface area contributed by atoms with Crippen LogP contribution in [0.3, 0.4) is 0 Å². The minimum atomic E-state index is -0.373. The molecule has 0 saturated carbocycles. The maximum atomic E-state index is 13.4. The number of ether oxygens (including phenoxy) is 1. The molecule has 6 nitrogen and oxygen atoms in total. The number of nitrogens with zero attached hydrogens (tertiary/aromatic N) is 3. The van der Waals surface area contributed by atoms with Crippen LogP contribution in [0.25, 0.3) is 11.0 Å². The van der Waals surface area contributed by atoms with Gasteiger partial charge in [0, 0.05) is 6.20 Å². The van der Waals surface area contributed by atoms with Gasteiger partial charge in [0.2, 0.25) is 0 Å². The number of pyridine rings is 1. The van der Waals surface area contributed by atoms with E-state index in [2.05, 4.69) is 11.1 Å². The zero-order chi connectivity index (χ0) is 21.3. The van der Waals surface area contributed by atoms with Gasteiger partial charge in [0.05, 0.1) is 25.6 Å². The van der Waals surface area contributed by atoms with E-state index < -0.39 is 0 Å². The number of hydrogen-bond donors (Lipinski definition) is 0. The first kappa shape index (κ1) is 19.6. The molecule has 0 N–H and O–H groups in total. The summed E-state index contributed by atoms with van der Waals surface area (Å²) >= 11 is 0. The van der Waals surface area contributed by atoms with Crippen molar-refractivity contribution in [1.82, 2.24) is 14.1 Å². The molecule has 4 rings (SSSR count). The zero-order valence-corrected chi connectivity index (χ0v) is 17.3. The highest BCUT2D eigenvalue weighted by molar-refractivity contribution is 5.73. The Balaban J connectivity index is 1.86. The number of aromatic nitrogens is 3. The van der Waals surface area contributed by atoms with Crippen LogP contribution < -0.4 is 16.0 Å². The summed E-state index contributed by atoms with van der Waals surface area (Å²) in [6.45, 7) is 4.59. The summed E-state index contributed by atoms with van der Waals surface area (Å²) in [4.78, 5) is 30.8. The quantitative estimate of drug-likeness (QED) is 0.515. The first-order valence-corrected chi connectivity index (χ1v) is 9.75. The van der Waals surface area contributed by atoms with Crippen LogP contribution in [-0.2, 0) is 13.1 Å². The third-order valence-electron chi connectivity index (χ3n) is 5.31. The molecule has 0 aliphatic heterocycles. The molecule has 30 heavy (non-hydrogen) atoms. The van der Waals surface area contributed by atoms with Crippen LogP contribution in [0.4, 0.5) is 0 Å². The smallest absolute Gasteiger partial charge is 0.333 e. The highest BCUT2D eigenvalue weighted by atomic mass is 16.5. The van der Waals surface area contributed by atoms with Crippen LogP contribution in [0.15, 0.2) is 70.4 Å². The van der Waals surface area contributed by atoms with Gasteiger partial charge in [-0.15, -0.1) is 0 Å². The topological polar surface area (TPSA) is 66.1 Å². The average Bonchev–Trinajstić information content (AvgIpc) is 2.76. The monoisotopic (exact) mass is 401 g/mol. The van der Waals surface area contributed by atoms with E-state index in [1.807, 2.05) is 50.2 Å². The molecule has 0 aliphatic carbocycles. The molecular weight excluding hydrogens is 378 g/mol. The standard InChI is InChI=1S/C24H23N3O3/c1-16-6-9-19(17(2)13-16)15-26-22-21(5-4-12-25-22)23(28)27(24(26)29)14-18-7-10-20(30-3)11-8-18/h4-13H,14-15H2,1-3H3. The molecule has 0 aliphatic rings. The predicted octanol–water partition coefficient (Wildman–Crippen LogP) is 3.28. The molecule has 0 atom stereocenters. The van der Waals surface area contributed by atoms with Crippen molar-refractivity contribution in [1.29, 1.82) is 0 Å². The van der Waals surface area contributed by atoms with E-state index >= 15 is 0 Å². The molecule has 6 heteroatoms. The van der Waals surface area contributed by atoms with E-state index in [9.17, 15) is 9.59 Å². The van der Waals surface area contributed by atoms with Gasteiger partial charge in [-0.1, -0.05) is 35.9 Å². The predicted molar refractivity (Wildman–Crippen MR) is 117 cm³/mol. The van der Waals surface area contributed by atoms with E-state index in [0.717, 1.165) is 28.0 Å². The van der Waals surface area contributed by atoms with Gasteiger partial charge < -0.3 is 4.74 Å². The summed E-state index contributed by atoms with van der Waals surface area (Å²) < 4.78 is 8.04. The van der Waals surface area contributed by atoms with Gasteiger partial charge in [-0.05, 0) is 54.8 Å². The van der Waals surface area contributed by atoms with Crippen LogP contribution in [0.2, 0.25) is 0 Å². The molecule has 0 bridgehead atoms. The Hall–Kier alpha value is -3.67. The molecule has 0 amide bonds. The Morgan fingerprint density at radius 1 is 0.933 bits per heavy atom. The van der Waals surface area contributed by atoms with Gasteiger partial charge in [0.1, 0.15) is 11.4 Å². The molecule has 0 fully saturated rings. The molecule has 0 unspecified atom stereocenters. The summed E-state index contributed by atoms with van der Waals surface area (Å²) in [5, 5.41) is 0.426. The second-order valence-corrected chi connectivity index (χ2v) is 7.41. The van der Waals surface area contributed by atoms with Gasteiger partial charge in [-0.2, -0.15) is 0 Å². The lowest BCUT2D eigenvalue weighted by atomic mass is 10.1. The van der Waals surface area contributed by atoms with Crippen LogP contribution in [0, 0.1) is 13.8 Å². The van der Waals surface area contributed by atoms with Crippen molar-refractivity contribution in [2.24, 2.45) is 0 Å². The van der Waals surface area contributed by atoms with Crippen molar-refractivity contribution in [2.45, 2.75) is 26.9 Å². The summed E-state index contributed by atoms with van der Waals surface area (Å²) in [6.07, 6.45) is 1.60. The van der Waals surface area contributed by atoms with Gasteiger partial charge in [0.25, 0.3) is 5.56 Å². The van der Waals surface area contributed by atoms with Crippen LogP contribution >= 0.6 is 0 Å². The van der Waals surface area contributed by atoms with Crippen molar-refractivity contribution < 1.29 is 4.74 Å². The fraction of sp³-hybridized carbons (Fsp3) is 0.208. The van der Waals surface area contributed by atoms with Crippen LogP contribution in [-0.4, -0.2) is 21.2 Å². The number of fused-ring (bicyclic) bond motifs is 1. The number of aryl methyl sites for hydroxylation is 2. The molecule has 2 heterocycles. The normalized spacial score (nSPS) is 11.0. The second kappa shape index (κ2) is 7.99. The number of hydrogen-bond acceptors (Lipinski definition) is 4. The van der Waals surface area contributed by atoms with Crippen molar-refractivity contribution in [3.05, 3.63) is 104 Å². The lowest BCUT2D eigenvalue weighted by Gasteiger charge is -2.15. The van der Waals surface area contributed by atoms with E-state index in [4.69, 9.17) is 4.74 Å². The van der Waals surface area contributed by atoms with Gasteiger partial charge in [0.15, 0.2) is 0 Å². The SMILES string of the molecule is COc1ccc(Cn2c(=O)c3cccnc3n(Cc3ccc(C)cc3C)c2=O)cc1. The first-order valence-electron chi connectivity index (χ1n) is 9.75. The highest BCUT2D eigenvalue weighted by Gasteiger charge is 2.15. The number of benzene rings is 2. The third kappa shape index (κ3) is 3.64. The zero-order valence-electron chi connectivity index (χ0n) is 17.3.